The van der Waals surface area contributed by atoms with Crippen LogP contribution in [0.3, 0.4) is 0 Å². The lowest BCUT2D eigenvalue weighted by Crippen LogP contribution is -2.18. The van der Waals surface area contributed by atoms with Gasteiger partial charge in [-0.3, -0.25) is 9.36 Å². The summed E-state index contributed by atoms with van der Waals surface area (Å²) in [6.07, 6.45) is 5.53. The number of rotatable bonds is 11. The smallest absolute Gasteiger partial charge is 0.308 e. The van der Waals surface area contributed by atoms with Gasteiger partial charge in [0.2, 0.25) is 0 Å². The van der Waals surface area contributed by atoms with Crippen molar-refractivity contribution in [1.82, 2.24) is 4.57 Å². The van der Waals surface area contributed by atoms with E-state index in [9.17, 15) is 15.0 Å². The first-order valence-electron chi connectivity index (χ1n) is 11.4. The van der Waals surface area contributed by atoms with Crippen LogP contribution in [0, 0.1) is 17.8 Å². The largest absolute Gasteiger partial charge is 0.494 e. The SMILES string of the molecule is CCCCOC(C)OC(=O)CCCCCn1c(O)c2c(c1O)C1C(C)C2C2CC21. The van der Waals surface area contributed by atoms with Gasteiger partial charge in [-0.05, 0) is 62.2 Å². The number of carbonyl (C=O) groups excluding carboxylic acids is 1. The third-order valence-corrected chi connectivity index (χ3v) is 7.31. The Morgan fingerprint density at radius 3 is 2.38 bits per heavy atom. The monoisotopic (exact) mass is 405 g/mol. The van der Waals surface area contributed by atoms with E-state index >= 15 is 0 Å². The normalized spacial score (nSPS) is 29.6. The number of hydrogen-bond acceptors (Lipinski definition) is 5. The molecular formula is C23H35NO5. The van der Waals surface area contributed by atoms with E-state index < -0.39 is 6.29 Å². The number of hydrogen-bond donors (Lipinski definition) is 2. The molecule has 4 rings (SSSR count). The van der Waals surface area contributed by atoms with E-state index in [1.807, 2.05) is 0 Å². The minimum atomic E-state index is -0.492. The average Bonchev–Trinajstić information content (AvgIpc) is 3.29. The fraction of sp³-hybridized carbons (Fsp3) is 0.783. The Morgan fingerprint density at radius 1 is 1.10 bits per heavy atom. The molecule has 3 aliphatic rings. The van der Waals surface area contributed by atoms with Gasteiger partial charge in [-0.25, -0.2) is 0 Å². The van der Waals surface area contributed by atoms with Crippen LogP contribution in [0.1, 0.15) is 88.7 Å². The van der Waals surface area contributed by atoms with Gasteiger partial charge in [0.1, 0.15) is 0 Å². The molecular weight excluding hydrogens is 370 g/mol. The summed E-state index contributed by atoms with van der Waals surface area (Å²) in [5.41, 5.74) is 2.05. The summed E-state index contributed by atoms with van der Waals surface area (Å²) in [5.74, 6) is 3.19. The Bertz CT molecular complexity index is 717. The van der Waals surface area contributed by atoms with Crippen molar-refractivity contribution in [3.8, 4) is 11.8 Å². The minimum Gasteiger partial charge on any atom is -0.494 e. The summed E-state index contributed by atoms with van der Waals surface area (Å²) in [7, 11) is 0. The predicted molar refractivity (Wildman–Crippen MR) is 109 cm³/mol. The molecule has 2 saturated carbocycles. The molecule has 5 unspecified atom stereocenters. The van der Waals surface area contributed by atoms with Crippen LogP contribution in [-0.4, -0.2) is 33.6 Å². The molecule has 6 heteroatoms. The molecule has 29 heavy (non-hydrogen) atoms. The van der Waals surface area contributed by atoms with Crippen molar-refractivity contribution in [2.75, 3.05) is 6.61 Å². The van der Waals surface area contributed by atoms with Crippen LogP contribution >= 0.6 is 0 Å². The van der Waals surface area contributed by atoms with Gasteiger partial charge < -0.3 is 19.7 Å². The molecule has 1 aromatic rings. The first-order valence-corrected chi connectivity index (χ1v) is 11.4. The highest BCUT2D eigenvalue weighted by atomic mass is 16.7. The van der Waals surface area contributed by atoms with Crippen LogP contribution in [0.5, 0.6) is 11.8 Å². The number of unbranched alkanes of at least 4 members (excludes halogenated alkanes) is 3. The number of aromatic hydroxyl groups is 2. The Morgan fingerprint density at radius 2 is 1.76 bits per heavy atom. The third-order valence-electron chi connectivity index (χ3n) is 7.31. The lowest BCUT2D eigenvalue weighted by Gasteiger charge is -2.17. The van der Waals surface area contributed by atoms with Crippen molar-refractivity contribution in [2.45, 2.75) is 90.4 Å². The number of ether oxygens (including phenoxy) is 2. The number of nitrogens with zero attached hydrogens (tertiary/aromatic N) is 1. The Balaban J connectivity index is 1.21. The maximum atomic E-state index is 11.9. The summed E-state index contributed by atoms with van der Waals surface area (Å²) < 4.78 is 12.4. The summed E-state index contributed by atoms with van der Waals surface area (Å²) >= 11 is 0. The fourth-order valence-corrected chi connectivity index (χ4v) is 5.91. The minimum absolute atomic E-state index is 0.232. The molecule has 0 saturated heterocycles. The van der Waals surface area contributed by atoms with Crippen LogP contribution in [0.4, 0.5) is 0 Å². The quantitative estimate of drug-likeness (QED) is 0.319. The van der Waals surface area contributed by atoms with Gasteiger partial charge in [0, 0.05) is 24.1 Å². The van der Waals surface area contributed by atoms with E-state index in [1.165, 1.54) is 6.42 Å². The molecule has 5 atom stereocenters. The van der Waals surface area contributed by atoms with Crippen LogP contribution in [0.25, 0.3) is 0 Å². The molecule has 0 amide bonds. The Labute approximate surface area is 173 Å². The molecule has 1 aromatic heterocycles. The van der Waals surface area contributed by atoms with Crippen LogP contribution in [0.2, 0.25) is 0 Å². The molecule has 0 aromatic carbocycles. The van der Waals surface area contributed by atoms with Crippen molar-refractivity contribution in [2.24, 2.45) is 17.8 Å². The zero-order chi connectivity index (χ0) is 20.7. The lowest BCUT2D eigenvalue weighted by atomic mass is 9.91. The van der Waals surface area contributed by atoms with E-state index in [0.717, 1.165) is 55.1 Å². The molecule has 1 heterocycles. The Hall–Kier alpha value is -1.69. The van der Waals surface area contributed by atoms with Crippen LogP contribution < -0.4 is 0 Å². The first-order chi connectivity index (χ1) is 14.0. The second-order valence-electron chi connectivity index (χ2n) is 9.19. The van der Waals surface area contributed by atoms with Crippen molar-refractivity contribution in [3.05, 3.63) is 11.1 Å². The van der Waals surface area contributed by atoms with Crippen LogP contribution in [-0.2, 0) is 20.8 Å². The maximum Gasteiger partial charge on any atom is 0.308 e. The highest BCUT2D eigenvalue weighted by Crippen LogP contribution is 2.76. The molecule has 2 fully saturated rings. The topological polar surface area (TPSA) is 80.9 Å². The molecule has 162 valence electrons. The van der Waals surface area contributed by atoms with E-state index in [2.05, 4.69) is 13.8 Å². The van der Waals surface area contributed by atoms with Gasteiger partial charge in [-0.15, -0.1) is 0 Å². The maximum absolute atomic E-state index is 11.9. The summed E-state index contributed by atoms with van der Waals surface area (Å²) in [4.78, 5) is 11.9. The zero-order valence-corrected chi connectivity index (χ0v) is 17.9. The van der Waals surface area contributed by atoms with E-state index in [4.69, 9.17) is 9.47 Å². The highest BCUT2D eigenvalue weighted by Gasteiger charge is 2.66. The highest BCUT2D eigenvalue weighted by molar-refractivity contribution is 5.69. The van der Waals surface area contributed by atoms with Crippen molar-refractivity contribution >= 4 is 5.97 Å². The zero-order valence-electron chi connectivity index (χ0n) is 17.9. The molecule has 3 aliphatic carbocycles. The number of carbonyl (C=O) groups is 1. The van der Waals surface area contributed by atoms with Gasteiger partial charge in [0.25, 0.3) is 0 Å². The summed E-state index contributed by atoms with van der Waals surface area (Å²) in [6.45, 7) is 7.30. The second-order valence-corrected chi connectivity index (χ2v) is 9.19. The van der Waals surface area contributed by atoms with Crippen molar-refractivity contribution in [3.63, 3.8) is 0 Å². The van der Waals surface area contributed by atoms with Gasteiger partial charge in [-0.2, -0.15) is 0 Å². The molecule has 6 nitrogen and oxygen atoms in total. The fourth-order valence-electron chi connectivity index (χ4n) is 5.91. The van der Waals surface area contributed by atoms with Gasteiger partial charge >= 0.3 is 5.97 Å². The Kier molecular flexibility index (Phi) is 5.83. The van der Waals surface area contributed by atoms with E-state index in [0.29, 0.717) is 37.3 Å². The standard InChI is InChI=1S/C23H35NO5/c1-4-5-11-28-14(3)29-17(25)9-7-6-8-10-24-22(26)20-18-13(2)19(16-12-15(16)18)21(20)23(24)27/h13-16,18-19,26-27H,4-12H2,1-3H3. The molecule has 0 aliphatic heterocycles. The summed E-state index contributed by atoms with van der Waals surface area (Å²) in [5, 5.41) is 21.5. The average molecular weight is 406 g/mol. The number of aromatic nitrogens is 1. The third kappa shape index (κ3) is 3.65. The lowest BCUT2D eigenvalue weighted by molar-refractivity contribution is -0.175. The molecule has 0 radical (unpaired) electrons. The van der Waals surface area contributed by atoms with Crippen LogP contribution in [0.15, 0.2) is 0 Å². The van der Waals surface area contributed by atoms with Crippen molar-refractivity contribution in [1.29, 1.82) is 0 Å². The van der Waals surface area contributed by atoms with Gasteiger partial charge in [0.15, 0.2) is 18.1 Å². The van der Waals surface area contributed by atoms with Gasteiger partial charge in [-0.1, -0.05) is 26.7 Å². The summed E-state index contributed by atoms with van der Waals surface area (Å²) in [6, 6.07) is 0. The predicted octanol–water partition coefficient (Wildman–Crippen LogP) is 4.63. The first kappa shape index (κ1) is 20.6. The van der Waals surface area contributed by atoms with E-state index in [-0.39, 0.29) is 17.7 Å². The molecule has 2 N–H and O–H groups in total. The van der Waals surface area contributed by atoms with E-state index in [1.54, 1.807) is 11.5 Å². The second kappa shape index (κ2) is 8.21. The number of fused-ring (bicyclic) bond motifs is 8. The van der Waals surface area contributed by atoms with Crippen molar-refractivity contribution < 1.29 is 24.5 Å². The number of esters is 1. The molecule has 2 bridgehead atoms. The van der Waals surface area contributed by atoms with Gasteiger partial charge in [0.05, 0.1) is 6.61 Å². The molecule has 0 spiro atoms.